The Morgan fingerprint density at radius 2 is 1.57 bits per heavy atom. The lowest BCUT2D eigenvalue weighted by molar-refractivity contribution is -0.169. The maximum Gasteiger partial charge on any atom is 0.307 e. The van der Waals surface area contributed by atoms with Gasteiger partial charge in [0.15, 0.2) is 0 Å². The van der Waals surface area contributed by atoms with Gasteiger partial charge in [0.1, 0.15) is 12.0 Å². The van der Waals surface area contributed by atoms with Crippen molar-refractivity contribution in [3.05, 3.63) is 35.3 Å². The normalized spacial score (nSPS) is 20.7. The molecule has 2 aliphatic rings. The summed E-state index contributed by atoms with van der Waals surface area (Å²) in [6, 6.07) is 0. The number of ketones is 2. The fourth-order valence-corrected chi connectivity index (χ4v) is 3.72. The van der Waals surface area contributed by atoms with Gasteiger partial charge in [-0.15, -0.1) is 0 Å². The largest absolute Gasteiger partial charge is 0.469 e. The second-order valence-electron chi connectivity index (χ2n) is 8.39. The Kier molecular flexibility index (Phi) is 9.54. The van der Waals surface area contributed by atoms with Crippen molar-refractivity contribution in [2.75, 3.05) is 0 Å². The summed E-state index contributed by atoms with van der Waals surface area (Å²) in [7, 11) is 0. The number of carbonyl (C=O) groups is 3. The summed E-state index contributed by atoms with van der Waals surface area (Å²) in [5.41, 5.74) is -0.958. The minimum atomic E-state index is -1.80. The third-order valence-corrected chi connectivity index (χ3v) is 5.72. The molecular weight excluding hydrogens is 380 g/mol. The summed E-state index contributed by atoms with van der Waals surface area (Å²) in [6.07, 6.45) is 16.3. The minimum absolute atomic E-state index is 0.216. The van der Waals surface area contributed by atoms with Crippen LogP contribution in [0.3, 0.4) is 0 Å². The number of carbonyl (C=O) groups excluding carboxylic acids is 3. The van der Waals surface area contributed by atoms with Crippen LogP contribution in [0.2, 0.25) is 0 Å². The lowest BCUT2D eigenvalue weighted by Crippen LogP contribution is -2.50. The zero-order valence-corrected chi connectivity index (χ0v) is 18.8. The zero-order chi connectivity index (χ0) is 22.0. The first-order valence-electron chi connectivity index (χ1n) is 11.5. The van der Waals surface area contributed by atoms with E-state index in [-0.39, 0.29) is 6.42 Å². The number of Topliss-reactive ketones (excluding diaryl/α,β-unsaturated/α-hetero) is 1. The van der Waals surface area contributed by atoms with Gasteiger partial charge >= 0.3 is 5.97 Å². The van der Waals surface area contributed by atoms with Crippen molar-refractivity contribution >= 4 is 17.5 Å². The van der Waals surface area contributed by atoms with E-state index in [1.807, 2.05) is 0 Å². The third-order valence-electron chi connectivity index (χ3n) is 5.72. The molecule has 0 saturated carbocycles. The van der Waals surface area contributed by atoms with Crippen molar-refractivity contribution in [3.63, 3.8) is 0 Å². The summed E-state index contributed by atoms with van der Waals surface area (Å²) in [5, 5.41) is 0. The average molecular weight is 417 g/mol. The summed E-state index contributed by atoms with van der Waals surface area (Å²) >= 11 is 0. The van der Waals surface area contributed by atoms with Gasteiger partial charge in [-0.25, -0.2) is 0 Å². The number of unbranched alkanes of at least 4 members (excludes halogenated alkanes) is 8. The molecule has 0 fully saturated rings. The summed E-state index contributed by atoms with van der Waals surface area (Å²) in [5.74, 6) is -0.745. The number of hydrogen-bond donors (Lipinski definition) is 0. The van der Waals surface area contributed by atoms with E-state index in [1.54, 1.807) is 6.08 Å². The van der Waals surface area contributed by atoms with Gasteiger partial charge < -0.3 is 9.47 Å². The number of rotatable bonds is 13. The molecule has 1 heterocycles. The predicted octanol–water partition coefficient (Wildman–Crippen LogP) is 5.89. The standard InChI is InChI=1S/C25H36O5/c1-4-6-8-10-12-14-20-16-19-17-22(26)25(3,24(28)21(19)18-29-20)30-23(27)15-13-11-9-7-5-2/h16-18H,4-15H2,1-3H3/t25-/m1/s1. The monoisotopic (exact) mass is 416 g/mol. The Morgan fingerprint density at radius 1 is 0.933 bits per heavy atom. The molecule has 30 heavy (non-hydrogen) atoms. The molecule has 1 atom stereocenters. The van der Waals surface area contributed by atoms with Crippen LogP contribution in [0.15, 0.2) is 35.3 Å². The fraction of sp³-hybridized carbons (Fsp3) is 0.640. The van der Waals surface area contributed by atoms with Gasteiger partial charge in [0.25, 0.3) is 0 Å². The number of ether oxygens (including phenoxy) is 2. The first-order chi connectivity index (χ1) is 14.4. The fourth-order valence-electron chi connectivity index (χ4n) is 3.72. The molecule has 5 nitrogen and oxygen atoms in total. The number of allylic oxidation sites excluding steroid dienone is 3. The first kappa shape index (κ1) is 24.1. The molecule has 0 spiro atoms. The third kappa shape index (κ3) is 6.41. The molecule has 0 aromatic heterocycles. The Hall–Kier alpha value is -2.17. The van der Waals surface area contributed by atoms with Gasteiger partial charge in [-0.2, -0.15) is 0 Å². The van der Waals surface area contributed by atoms with E-state index in [0.29, 0.717) is 17.6 Å². The van der Waals surface area contributed by atoms with E-state index in [9.17, 15) is 14.4 Å². The molecule has 0 aromatic carbocycles. The molecule has 0 unspecified atom stereocenters. The van der Waals surface area contributed by atoms with E-state index in [2.05, 4.69) is 13.8 Å². The number of fused-ring (bicyclic) bond motifs is 1. The maximum atomic E-state index is 13.0. The summed E-state index contributed by atoms with van der Waals surface area (Å²) in [4.78, 5) is 37.9. The molecule has 0 radical (unpaired) electrons. The molecule has 2 rings (SSSR count). The van der Waals surface area contributed by atoms with Crippen LogP contribution in [0.4, 0.5) is 0 Å². The highest BCUT2D eigenvalue weighted by atomic mass is 16.6. The van der Waals surface area contributed by atoms with Crippen LogP contribution in [0, 0.1) is 0 Å². The van der Waals surface area contributed by atoms with Crippen LogP contribution in [0.5, 0.6) is 0 Å². The smallest absolute Gasteiger partial charge is 0.307 e. The van der Waals surface area contributed by atoms with Gasteiger partial charge in [-0.05, 0) is 37.5 Å². The average Bonchev–Trinajstić information content (AvgIpc) is 2.72. The van der Waals surface area contributed by atoms with E-state index >= 15 is 0 Å². The predicted molar refractivity (Wildman–Crippen MR) is 117 cm³/mol. The molecule has 166 valence electrons. The highest BCUT2D eigenvalue weighted by Gasteiger charge is 2.49. The number of hydrogen-bond acceptors (Lipinski definition) is 5. The van der Waals surface area contributed by atoms with Crippen LogP contribution in [0.25, 0.3) is 0 Å². The molecule has 0 N–H and O–H groups in total. The van der Waals surface area contributed by atoms with Gasteiger partial charge in [-0.1, -0.05) is 65.2 Å². The summed E-state index contributed by atoms with van der Waals surface area (Å²) < 4.78 is 11.0. The highest BCUT2D eigenvalue weighted by molar-refractivity contribution is 6.26. The SMILES string of the molecule is CCCCCCCC(=O)O[C@]1(C)C(=O)C=C2C=C(CCCCCCC)OC=C2C1=O. The van der Waals surface area contributed by atoms with Crippen molar-refractivity contribution in [3.8, 4) is 0 Å². The van der Waals surface area contributed by atoms with Gasteiger partial charge in [-0.3, -0.25) is 14.4 Å². The van der Waals surface area contributed by atoms with Crippen LogP contribution < -0.4 is 0 Å². The summed E-state index contributed by atoms with van der Waals surface area (Å²) in [6.45, 7) is 5.70. The van der Waals surface area contributed by atoms with Crippen molar-refractivity contribution in [2.45, 2.75) is 103 Å². The van der Waals surface area contributed by atoms with Crippen LogP contribution >= 0.6 is 0 Å². The Bertz CT molecular complexity index is 728. The van der Waals surface area contributed by atoms with Crippen LogP contribution in [0.1, 0.15) is 97.8 Å². The topological polar surface area (TPSA) is 69.7 Å². The van der Waals surface area contributed by atoms with Crippen LogP contribution in [-0.2, 0) is 23.9 Å². The number of esters is 1. The van der Waals surface area contributed by atoms with Gasteiger partial charge in [0.2, 0.25) is 17.2 Å². The van der Waals surface area contributed by atoms with Gasteiger partial charge in [0.05, 0.1) is 5.57 Å². The molecule has 0 amide bonds. The van der Waals surface area contributed by atoms with E-state index in [4.69, 9.17) is 9.47 Å². The zero-order valence-electron chi connectivity index (χ0n) is 18.8. The minimum Gasteiger partial charge on any atom is -0.469 e. The van der Waals surface area contributed by atoms with E-state index in [0.717, 1.165) is 50.7 Å². The van der Waals surface area contributed by atoms with Crippen molar-refractivity contribution in [1.82, 2.24) is 0 Å². The second kappa shape index (κ2) is 11.9. The van der Waals surface area contributed by atoms with E-state index in [1.165, 1.54) is 38.5 Å². The second-order valence-corrected chi connectivity index (χ2v) is 8.39. The van der Waals surface area contributed by atoms with Crippen molar-refractivity contribution in [1.29, 1.82) is 0 Å². The van der Waals surface area contributed by atoms with E-state index < -0.39 is 23.1 Å². The molecule has 5 heteroatoms. The molecule has 0 saturated heterocycles. The first-order valence-corrected chi connectivity index (χ1v) is 11.5. The Morgan fingerprint density at radius 3 is 2.23 bits per heavy atom. The van der Waals surface area contributed by atoms with Crippen LogP contribution in [-0.4, -0.2) is 23.1 Å². The Balaban J connectivity index is 1.95. The lowest BCUT2D eigenvalue weighted by atomic mass is 9.80. The Labute approximate surface area is 180 Å². The lowest BCUT2D eigenvalue weighted by Gasteiger charge is -2.31. The quantitative estimate of drug-likeness (QED) is 0.213. The highest BCUT2D eigenvalue weighted by Crippen LogP contribution is 2.34. The molecule has 1 aliphatic carbocycles. The van der Waals surface area contributed by atoms with Gasteiger partial charge in [0, 0.05) is 12.8 Å². The molecular formula is C25H36O5. The maximum absolute atomic E-state index is 13.0. The molecule has 0 aromatic rings. The molecule has 1 aliphatic heterocycles. The van der Waals surface area contributed by atoms with Crippen molar-refractivity contribution < 1.29 is 23.9 Å². The van der Waals surface area contributed by atoms with Crippen molar-refractivity contribution in [2.24, 2.45) is 0 Å². The molecule has 0 bridgehead atoms.